The van der Waals surface area contributed by atoms with Gasteiger partial charge in [-0.15, -0.1) is 0 Å². The maximum atomic E-state index is 13.8. The van der Waals surface area contributed by atoms with Crippen molar-refractivity contribution in [3.8, 4) is 11.5 Å². The Labute approximate surface area is 204 Å². The smallest absolute Gasteiger partial charge is 0.258 e. The van der Waals surface area contributed by atoms with Crippen molar-refractivity contribution in [3.63, 3.8) is 0 Å². The number of aliphatic hydroxyl groups excluding tert-OH is 1. The third-order valence-corrected chi connectivity index (χ3v) is 7.43. The number of carbonyl (C=O) groups excluding carboxylic acids is 2. The van der Waals surface area contributed by atoms with Crippen molar-refractivity contribution in [1.82, 2.24) is 5.32 Å². The minimum atomic E-state index is -0.969. The molecule has 1 heterocycles. The Hall–Kier alpha value is -2.42. The number of hydrogen-bond donors (Lipinski definition) is 2. The van der Waals surface area contributed by atoms with Crippen LogP contribution in [-0.4, -0.2) is 35.0 Å². The minimum Gasteiger partial charge on any atom is -0.484 e. The Bertz CT molecular complexity index is 1170. The van der Waals surface area contributed by atoms with Gasteiger partial charge in [0.25, 0.3) is 5.91 Å². The lowest BCUT2D eigenvalue weighted by atomic mass is 9.38. The van der Waals surface area contributed by atoms with Crippen LogP contribution in [0.5, 0.6) is 11.5 Å². The summed E-state index contributed by atoms with van der Waals surface area (Å²) in [6.07, 6.45) is 0.469. The van der Waals surface area contributed by atoms with Crippen LogP contribution in [0.2, 0.25) is 10.0 Å². The van der Waals surface area contributed by atoms with Gasteiger partial charge >= 0.3 is 0 Å². The molecule has 0 radical (unpaired) electrons. The van der Waals surface area contributed by atoms with Crippen molar-refractivity contribution in [2.24, 2.45) is 5.41 Å². The zero-order valence-electron chi connectivity index (χ0n) is 17.9. The lowest BCUT2D eigenvalue weighted by Crippen LogP contribution is -2.75. The highest BCUT2D eigenvalue weighted by molar-refractivity contribution is 6.31. The number of ketones is 1. The first-order chi connectivity index (χ1) is 16.1. The molecule has 3 saturated carbocycles. The second-order valence-electron chi connectivity index (χ2n) is 9.53. The van der Waals surface area contributed by atoms with Crippen molar-refractivity contribution < 1.29 is 33.0 Å². The summed E-state index contributed by atoms with van der Waals surface area (Å²) >= 11 is 11.4. The Balaban J connectivity index is 1.11. The summed E-state index contributed by atoms with van der Waals surface area (Å²) in [5.74, 6) is -1.46. The maximum absolute atomic E-state index is 13.8. The number of aliphatic hydroxyl groups is 1. The van der Waals surface area contributed by atoms with Crippen molar-refractivity contribution >= 4 is 34.9 Å². The number of carbonyl (C=O) groups is 2. The van der Waals surface area contributed by atoms with Crippen molar-refractivity contribution in [2.75, 3.05) is 6.61 Å². The Morgan fingerprint density at radius 3 is 2.53 bits per heavy atom. The first-order valence-corrected chi connectivity index (χ1v) is 11.6. The second-order valence-corrected chi connectivity index (χ2v) is 10.3. The van der Waals surface area contributed by atoms with E-state index in [4.69, 9.17) is 32.7 Å². The molecule has 2 atom stereocenters. The van der Waals surface area contributed by atoms with Gasteiger partial charge in [0.15, 0.2) is 18.5 Å². The molecule has 2 bridgehead atoms. The number of benzene rings is 2. The molecule has 2 aromatic rings. The first kappa shape index (κ1) is 23.3. The summed E-state index contributed by atoms with van der Waals surface area (Å²) in [6, 6.07) is 6.35. The van der Waals surface area contributed by atoms with Crippen molar-refractivity contribution in [1.29, 1.82) is 0 Å². The normalized spacial score (nSPS) is 28.6. The SMILES string of the molecule is O=C(COc1ccc(Cl)c(F)c1)NC12CC(CC(=O)[C@@H]3C[C@H](O)c4cc(Cl)c(F)cc4O3)(C1)C2. The lowest BCUT2D eigenvalue weighted by Gasteiger charge is -2.70. The molecule has 3 aliphatic carbocycles. The number of ether oxygens (including phenoxy) is 2. The van der Waals surface area contributed by atoms with Crippen LogP contribution in [0.4, 0.5) is 8.78 Å². The number of fused-ring (bicyclic) bond motifs is 1. The summed E-state index contributed by atoms with van der Waals surface area (Å²) in [5.41, 5.74) is -0.193. The van der Waals surface area contributed by atoms with E-state index in [1.165, 1.54) is 18.2 Å². The maximum Gasteiger partial charge on any atom is 0.258 e. The summed E-state index contributed by atoms with van der Waals surface area (Å²) in [6.45, 7) is -0.261. The van der Waals surface area contributed by atoms with Crippen LogP contribution in [-0.2, 0) is 9.59 Å². The van der Waals surface area contributed by atoms with Gasteiger partial charge < -0.3 is 19.9 Å². The van der Waals surface area contributed by atoms with Crippen LogP contribution in [0.3, 0.4) is 0 Å². The number of amides is 1. The van der Waals surface area contributed by atoms with E-state index < -0.39 is 23.8 Å². The molecule has 1 amide bonds. The minimum absolute atomic E-state index is 0.0283. The standard InChI is InChI=1S/C24H21Cl2F2NO5/c25-14-2-1-12(3-16(14)27)33-8-22(32)29-24-9-23(10-24,11-24)7-19(31)21-6-18(30)13-4-15(26)17(28)5-20(13)34-21/h1-5,18,21,30H,6-11H2,(H,29,32)/t18-,21-,23?,24?/m0/s1. The molecule has 10 heteroatoms. The zero-order valence-corrected chi connectivity index (χ0v) is 19.4. The summed E-state index contributed by atoms with van der Waals surface area (Å²) in [5, 5.41) is 13.2. The van der Waals surface area contributed by atoms with Gasteiger partial charge in [0.1, 0.15) is 23.1 Å². The number of halogens is 4. The van der Waals surface area contributed by atoms with E-state index in [0.29, 0.717) is 24.8 Å². The molecule has 6 rings (SSSR count). The van der Waals surface area contributed by atoms with Gasteiger partial charge in [-0.3, -0.25) is 9.59 Å². The molecule has 180 valence electrons. The molecular formula is C24H21Cl2F2NO5. The van der Waals surface area contributed by atoms with Gasteiger partial charge in [-0.05, 0) is 42.9 Å². The molecule has 2 aromatic carbocycles. The predicted octanol–water partition coefficient (Wildman–Crippen LogP) is 4.53. The van der Waals surface area contributed by atoms with E-state index >= 15 is 0 Å². The fourth-order valence-corrected chi connectivity index (χ4v) is 5.77. The average molecular weight is 512 g/mol. The molecule has 0 unspecified atom stereocenters. The van der Waals surface area contributed by atoms with E-state index in [2.05, 4.69) is 5.32 Å². The molecule has 0 spiro atoms. The third-order valence-electron chi connectivity index (χ3n) is 6.83. The number of Topliss-reactive ketones (excluding diaryl/α,β-unsaturated/α-hetero) is 1. The van der Waals surface area contributed by atoms with Crippen molar-refractivity contribution in [3.05, 3.63) is 57.6 Å². The van der Waals surface area contributed by atoms with Crippen LogP contribution < -0.4 is 14.8 Å². The quantitative estimate of drug-likeness (QED) is 0.570. The highest BCUT2D eigenvalue weighted by Crippen LogP contribution is 2.69. The Morgan fingerprint density at radius 2 is 1.82 bits per heavy atom. The topological polar surface area (TPSA) is 84.9 Å². The van der Waals surface area contributed by atoms with Gasteiger partial charge in [0.2, 0.25) is 0 Å². The first-order valence-electron chi connectivity index (χ1n) is 10.8. The number of rotatable bonds is 7. The van der Waals surface area contributed by atoms with Gasteiger partial charge in [-0.2, -0.15) is 0 Å². The second kappa shape index (κ2) is 8.36. The average Bonchev–Trinajstić information content (AvgIpc) is 2.73. The summed E-state index contributed by atoms with van der Waals surface area (Å²) in [7, 11) is 0. The largest absolute Gasteiger partial charge is 0.484 e. The van der Waals surface area contributed by atoms with E-state index in [1.807, 2.05) is 0 Å². The highest BCUT2D eigenvalue weighted by atomic mass is 35.5. The Kier molecular flexibility index (Phi) is 5.73. The van der Waals surface area contributed by atoms with Crippen LogP contribution in [0, 0.1) is 17.0 Å². The molecule has 6 nitrogen and oxygen atoms in total. The fraction of sp³-hybridized carbons (Fsp3) is 0.417. The molecule has 0 saturated heterocycles. The summed E-state index contributed by atoms with van der Waals surface area (Å²) in [4.78, 5) is 25.1. The van der Waals surface area contributed by atoms with Gasteiger partial charge in [0, 0.05) is 36.1 Å². The number of hydrogen-bond acceptors (Lipinski definition) is 5. The zero-order chi connectivity index (χ0) is 24.3. The van der Waals surface area contributed by atoms with Crippen LogP contribution in [0.1, 0.15) is 43.8 Å². The predicted molar refractivity (Wildman–Crippen MR) is 119 cm³/mol. The van der Waals surface area contributed by atoms with Crippen LogP contribution in [0.15, 0.2) is 30.3 Å². The van der Waals surface area contributed by atoms with E-state index in [-0.39, 0.29) is 63.6 Å². The Morgan fingerprint density at radius 1 is 1.12 bits per heavy atom. The monoisotopic (exact) mass is 511 g/mol. The van der Waals surface area contributed by atoms with E-state index in [1.54, 1.807) is 0 Å². The van der Waals surface area contributed by atoms with Crippen LogP contribution in [0.25, 0.3) is 0 Å². The molecule has 3 fully saturated rings. The van der Waals surface area contributed by atoms with Gasteiger partial charge in [-0.1, -0.05) is 23.2 Å². The molecule has 4 aliphatic rings. The third kappa shape index (κ3) is 4.23. The van der Waals surface area contributed by atoms with Crippen molar-refractivity contribution in [2.45, 2.75) is 49.9 Å². The molecule has 2 N–H and O–H groups in total. The van der Waals surface area contributed by atoms with E-state index in [0.717, 1.165) is 12.1 Å². The number of nitrogens with one attached hydrogen (secondary N) is 1. The summed E-state index contributed by atoms with van der Waals surface area (Å²) < 4.78 is 38.3. The van der Waals surface area contributed by atoms with Gasteiger partial charge in [0.05, 0.1) is 16.1 Å². The molecule has 0 aromatic heterocycles. The molecular weight excluding hydrogens is 491 g/mol. The fourth-order valence-electron chi connectivity index (χ4n) is 5.48. The highest BCUT2D eigenvalue weighted by Gasteiger charge is 2.68. The van der Waals surface area contributed by atoms with E-state index in [9.17, 15) is 23.5 Å². The molecule has 1 aliphatic heterocycles. The van der Waals surface area contributed by atoms with Gasteiger partial charge in [-0.25, -0.2) is 8.78 Å². The lowest BCUT2D eigenvalue weighted by molar-refractivity contribution is -0.175. The van der Waals surface area contributed by atoms with Crippen LogP contribution >= 0.6 is 23.2 Å². The molecule has 34 heavy (non-hydrogen) atoms.